The van der Waals surface area contributed by atoms with Crippen molar-refractivity contribution in [3.8, 4) is 11.3 Å². The van der Waals surface area contributed by atoms with E-state index in [-0.39, 0.29) is 5.52 Å². The number of hydrogen-bond donors (Lipinski definition) is 0. The first-order valence-electron chi connectivity index (χ1n) is 6.95. The predicted molar refractivity (Wildman–Crippen MR) is 83.0 cm³/mol. The third-order valence-electron chi connectivity index (χ3n) is 3.70. The Labute approximate surface area is 140 Å². The third-order valence-corrected chi connectivity index (χ3v) is 4.52. The zero-order chi connectivity index (χ0) is 18.4. The summed E-state index contributed by atoms with van der Waals surface area (Å²) in [6.07, 6.45) is -3.31. The van der Waals surface area contributed by atoms with Crippen LogP contribution in [0.1, 0.15) is 11.1 Å². The molecule has 0 fully saturated rings. The van der Waals surface area contributed by atoms with Gasteiger partial charge in [0, 0.05) is 10.9 Å². The van der Waals surface area contributed by atoms with Gasteiger partial charge in [-0.25, -0.2) is 9.97 Å². The van der Waals surface area contributed by atoms with Gasteiger partial charge in [0.1, 0.15) is 11.2 Å². The number of nitrogens with zero attached hydrogens (tertiary/aromatic N) is 2. The molecule has 0 atom stereocenters. The fraction of sp³-hybridized carbons (Fsp3) is 0.125. The molecule has 0 N–H and O–H groups in total. The van der Waals surface area contributed by atoms with E-state index in [9.17, 15) is 25.5 Å². The molecule has 3 aromatic rings. The number of aromatic nitrogens is 2. The highest BCUT2D eigenvalue weighted by Crippen LogP contribution is 2.34. The number of benzene rings is 2. The smallest absolute Gasteiger partial charge is 0.236 e. The van der Waals surface area contributed by atoms with E-state index in [1.54, 1.807) is 0 Å². The fourth-order valence-corrected chi connectivity index (χ4v) is 2.99. The lowest BCUT2D eigenvalue weighted by atomic mass is 9.99. The van der Waals surface area contributed by atoms with Crippen molar-refractivity contribution >= 4 is 21.1 Å². The van der Waals surface area contributed by atoms with E-state index in [1.165, 1.54) is 19.1 Å². The molecule has 0 aliphatic heterocycles. The van der Waals surface area contributed by atoms with Crippen LogP contribution in [0.3, 0.4) is 0 Å². The van der Waals surface area contributed by atoms with Crippen molar-refractivity contribution in [3.63, 3.8) is 0 Å². The molecule has 25 heavy (non-hydrogen) atoms. The first-order chi connectivity index (χ1) is 11.6. The molecule has 130 valence electrons. The van der Waals surface area contributed by atoms with Crippen LogP contribution < -0.4 is 0 Å². The summed E-state index contributed by atoms with van der Waals surface area (Å²) in [5, 5.41) is 0.401. The highest BCUT2D eigenvalue weighted by atomic mass is 32.3. The van der Waals surface area contributed by atoms with Crippen LogP contribution in [0.4, 0.5) is 17.1 Å². The van der Waals surface area contributed by atoms with Crippen LogP contribution in [0.15, 0.2) is 47.6 Å². The molecule has 0 aliphatic rings. The largest absolute Gasteiger partial charge is 0.416 e. The Morgan fingerprint density at radius 3 is 2.32 bits per heavy atom. The molecule has 0 bridgehead atoms. The van der Waals surface area contributed by atoms with Gasteiger partial charge >= 0.3 is 16.4 Å². The summed E-state index contributed by atoms with van der Waals surface area (Å²) in [6.45, 7) is 1.51. The Hall–Kier alpha value is -2.55. The molecule has 0 saturated carbocycles. The van der Waals surface area contributed by atoms with E-state index in [0.29, 0.717) is 22.2 Å². The number of fused-ring (bicyclic) bond motifs is 1. The predicted octanol–water partition coefficient (Wildman–Crippen LogP) is 4.28. The average molecular weight is 370 g/mol. The van der Waals surface area contributed by atoms with Gasteiger partial charge in [0.15, 0.2) is 0 Å². The van der Waals surface area contributed by atoms with Gasteiger partial charge in [0.05, 0.1) is 16.8 Å². The molecular weight excluding hydrogens is 360 g/mol. The molecule has 0 aliphatic carbocycles. The monoisotopic (exact) mass is 370 g/mol. The summed E-state index contributed by atoms with van der Waals surface area (Å²) in [5.41, 5.74) is 0.508. The minimum Gasteiger partial charge on any atom is -0.236 e. The number of alkyl halides is 3. The van der Waals surface area contributed by atoms with Crippen molar-refractivity contribution in [1.29, 1.82) is 0 Å². The molecule has 1 heterocycles. The normalized spacial score (nSPS) is 12.5. The Bertz CT molecular complexity index is 1080. The van der Waals surface area contributed by atoms with Crippen LogP contribution >= 0.6 is 0 Å². The molecule has 0 spiro atoms. The van der Waals surface area contributed by atoms with Crippen molar-refractivity contribution in [2.24, 2.45) is 0 Å². The fourth-order valence-electron chi connectivity index (χ4n) is 2.51. The lowest BCUT2D eigenvalue weighted by Gasteiger charge is -2.12. The molecule has 3 rings (SSSR count). The van der Waals surface area contributed by atoms with Gasteiger partial charge in [0.2, 0.25) is 0 Å². The van der Waals surface area contributed by atoms with Crippen LogP contribution in [0.25, 0.3) is 22.2 Å². The van der Waals surface area contributed by atoms with E-state index in [0.717, 1.165) is 30.6 Å². The van der Waals surface area contributed by atoms with Crippen molar-refractivity contribution in [2.75, 3.05) is 0 Å². The van der Waals surface area contributed by atoms with Gasteiger partial charge < -0.3 is 0 Å². The van der Waals surface area contributed by atoms with E-state index in [1.807, 2.05) is 0 Å². The van der Waals surface area contributed by atoms with Gasteiger partial charge in [-0.05, 0) is 42.8 Å². The number of rotatable bonds is 2. The molecule has 0 saturated heterocycles. The summed E-state index contributed by atoms with van der Waals surface area (Å²) < 4.78 is 73.5. The molecule has 2 aromatic carbocycles. The maximum Gasteiger partial charge on any atom is 0.416 e. The number of hydrogen-bond acceptors (Lipinski definition) is 4. The Morgan fingerprint density at radius 2 is 1.72 bits per heavy atom. The number of aryl methyl sites for hydroxylation is 1. The van der Waals surface area contributed by atoms with E-state index >= 15 is 0 Å². The molecular formula is C16H10F4N2O2S. The van der Waals surface area contributed by atoms with Gasteiger partial charge in [0.25, 0.3) is 0 Å². The highest BCUT2D eigenvalue weighted by molar-refractivity contribution is 7.86. The number of halogens is 4. The topological polar surface area (TPSA) is 59.9 Å². The van der Waals surface area contributed by atoms with Crippen LogP contribution in [0.2, 0.25) is 0 Å². The Balaban J connectivity index is 2.20. The summed E-state index contributed by atoms with van der Waals surface area (Å²) in [7, 11) is -4.89. The van der Waals surface area contributed by atoms with Crippen molar-refractivity contribution < 1.29 is 25.5 Å². The molecule has 4 nitrogen and oxygen atoms in total. The maximum atomic E-state index is 13.1. The second kappa shape index (κ2) is 5.76. The Morgan fingerprint density at radius 1 is 1.00 bits per heavy atom. The summed E-state index contributed by atoms with van der Waals surface area (Å²) in [4.78, 5) is 7.44. The molecule has 0 amide bonds. The van der Waals surface area contributed by atoms with Gasteiger partial charge in [-0.15, -0.1) is 3.89 Å². The van der Waals surface area contributed by atoms with Crippen molar-refractivity contribution in [3.05, 3.63) is 53.9 Å². The maximum absolute atomic E-state index is 13.1. The molecule has 1 aromatic heterocycles. The van der Waals surface area contributed by atoms with Crippen LogP contribution in [-0.2, 0) is 16.4 Å². The SMILES string of the molecule is Cc1cc(C(F)(F)F)ccc1-c1ncnc2cc(S(=O)(=O)F)ccc12. The Kier molecular flexibility index (Phi) is 3.98. The summed E-state index contributed by atoms with van der Waals surface area (Å²) >= 11 is 0. The standard InChI is InChI=1S/C16H10F4N2O2S/c1-9-6-10(16(17,18)19)2-4-12(9)15-13-5-3-11(25(20,23)24)7-14(13)21-8-22-15/h2-8H,1H3. The first-order valence-corrected chi connectivity index (χ1v) is 8.33. The zero-order valence-corrected chi connectivity index (χ0v) is 13.5. The van der Waals surface area contributed by atoms with Gasteiger partial charge in [-0.2, -0.15) is 21.6 Å². The first kappa shape index (κ1) is 17.3. The van der Waals surface area contributed by atoms with E-state index < -0.39 is 26.9 Å². The lowest BCUT2D eigenvalue weighted by molar-refractivity contribution is -0.137. The molecule has 0 radical (unpaired) electrons. The molecule has 9 heteroatoms. The van der Waals surface area contributed by atoms with Crippen LogP contribution in [-0.4, -0.2) is 18.4 Å². The van der Waals surface area contributed by atoms with Crippen LogP contribution in [0.5, 0.6) is 0 Å². The second-order valence-corrected chi connectivity index (χ2v) is 6.71. The van der Waals surface area contributed by atoms with Crippen molar-refractivity contribution in [2.45, 2.75) is 18.0 Å². The van der Waals surface area contributed by atoms with Gasteiger partial charge in [-0.3, -0.25) is 0 Å². The lowest BCUT2D eigenvalue weighted by Crippen LogP contribution is -2.05. The minimum atomic E-state index is -4.89. The summed E-state index contributed by atoms with van der Waals surface area (Å²) in [6, 6.07) is 6.67. The van der Waals surface area contributed by atoms with E-state index in [2.05, 4.69) is 9.97 Å². The zero-order valence-electron chi connectivity index (χ0n) is 12.7. The summed E-state index contributed by atoms with van der Waals surface area (Å²) in [5.74, 6) is 0. The average Bonchev–Trinajstić information content (AvgIpc) is 2.52. The highest BCUT2D eigenvalue weighted by Gasteiger charge is 2.30. The van der Waals surface area contributed by atoms with Gasteiger partial charge in [-0.1, -0.05) is 6.07 Å². The minimum absolute atomic E-state index is 0.169. The third kappa shape index (κ3) is 3.32. The quantitative estimate of drug-likeness (QED) is 0.499. The van der Waals surface area contributed by atoms with E-state index in [4.69, 9.17) is 0 Å². The second-order valence-electron chi connectivity index (χ2n) is 5.37. The molecule has 0 unspecified atom stereocenters. The van der Waals surface area contributed by atoms with Crippen molar-refractivity contribution in [1.82, 2.24) is 9.97 Å². The van der Waals surface area contributed by atoms with Crippen LogP contribution in [0, 0.1) is 6.92 Å².